The maximum atomic E-state index is 3.65. The second kappa shape index (κ2) is 6.05. The van der Waals surface area contributed by atoms with Crippen LogP contribution in [0.3, 0.4) is 0 Å². The van der Waals surface area contributed by atoms with E-state index in [2.05, 4.69) is 28.4 Å². The maximum absolute atomic E-state index is 3.65. The molecule has 0 spiro atoms. The van der Waals surface area contributed by atoms with E-state index in [1.54, 1.807) is 11.1 Å². The van der Waals surface area contributed by atoms with Gasteiger partial charge in [-0.15, -0.1) is 12.4 Å². The van der Waals surface area contributed by atoms with Crippen LogP contribution in [0, 0.1) is 5.92 Å². The fourth-order valence-electron chi connectivity index (χ4n) is 4.25. The normalized spacial score (nSPS) is 28.8. The van der Waals surface area contributed by atoms with Crippen LogP contribution in [0.15, 0.2) is 18.2 Å². The highest BCUT2D eigenvalue weighted by molar-refractivity contribution is 5.85. The zero-order chi connectivity index (χ0) is 12.7. The van der Waals surface area contributed by atoms with Gasteiger partial charge in [0.1, 0.15) is 0 Å². The van der Waals surface area contributed by atoms with Crippen molar-refractivity contribution in [3.8, 4) is 0 Å². The molecule has 2 aliphatic heterocycles. The van der Waals surface area contributed by atoms with Gasteiger partial charge in [0.2, 0.25) is 0 Å². The van der Waals surface area contributed by atoms with Gasteiger partial charge in [-0.3, -0.25) is 4.90 Å². The Morgan fingerprint density at radius 3 is 3.00 bits per heavy atom. The van der Waals surface area contributed by atoms with Crippen molar-refractivity contribution in [2.45, 2.75) is 44.7 Å². The molecule has 1 N–H and O–H groups in total. The summed E-state index contributed by atoms with van der Waals surface area (Å²) in [5.74, 6) is 0.906. The van der Waals surface area contributed by atoms with E-state index in [0.717, 1.165) is 18.5 Å². The minimum atomic E-state index is 0. The molecule has 110 valence electrons. The topological polar surface area (TPSA) is 15.3 Å². The van der Waals surface area contributed by atoms with Crippen LogP contribution < -0.4 is 5.32 Å². The second-order valence-electron chi connectivity index (χ2n) is 6.59. The number of piperidine rings is 1. The Hall–Kier alpha value is -0.570. The van der Waals surface area contributed by atoms with Crippen LogP contribution in [-0.2, 0) is 19.4 Å². The highest BCUT2D eigenvalue weighted by atomic mass is 35.5. The molecule has 1 aromatic rings. The smallest absolute Gasteiger partial charge is 0.0233 e. The van der Waals surface area contributed by atoms with Crippen LogP contribution in [0.5, 0.6) is 0 Å². The molecule has 0 bridgehead atoms. The minimum Gasteiger partial charge on any atom is -0.314 e. The van der Waals surface area contributed by atoms with E-state index in [0.29, 0.717) is 0 Å². The van der Waals surface area contributed by atoms with Gasteiger partial charge < -0.3 is 5.32 Å². The second-order valence-corrected chi connectivity index (χ2v) is 6.59. The Morgan fingerprint density at radius 2 is 2.05 bits per heavy atom. The summed E-state index contributed by atoms with van der Waals surface area (Å²) >= 11 is 0. The van der Waals surface area contributed by atoms with Crippen molar-refractivity contribution in [3.63, 3.8) is 0 Å². The molecule has 2 fully saturated rings. The number of benzene rings is 1. The van der Waals surface area contributed by atoms with E-state index in [4.69, 9.17) is 0 Å². The maximum Gasteiger partial charge on any atom is 0.0233 e. The Morgan fingerprint density at radius 1 is 1.15 bits per heavy atom. The van der Waals surface area contributed by atoms with Gasteiger partial charge in [0.15, 0.2) is 0 Å². The average molecular weight is 293 g/mol. The van der Waals surface area contributed by atoms with Crippen LogP contribution in [0.4, 0.5) is 0 Å². The number of hydrogen-bond donors (Lipinski definition) is 1. The lowest BCUT2D eigenvalue weighted by molar-refractivity contribution is 0.156. The van der Waals surface area contributed by atoms with Crippen molar-refractivity contribution in [2.75, 3.05) is 19.6 Å². The first-order valence-electron chi connectivity index (χ1n) is 7.95. The molecule has 2 nitrogen and oxygen atoms in total. The third-order valence-corrected chi connectivity index (χ3v) is 5.31. The van der Waals surface area contributed by atoms with Gasteiger partial charge >= 0.3 is 0 Å². The molecule has 1 aromatic carbocycles. The summed E-state index contributed by atoms with van der Waals surface area (Å²) in [6, 6.07) is 8.03. The Bertz CT molecular complexity index is 474. The number of fused-ring (bicyclic) bond motifs is 2. The van der Waals surface area contributed by atoms with Gasteiger partial charge in [-0.05, 0) is 67.8 Å². The highest BCUT2D eigenvalue weighted by Gasteiger charge is 2.32. The fraction of sp³-hybridized carbons (Fsp3) is 0.647. The molecule has 0 saturated carbocycles. The van der Waals surface area contributed by atoms with E-state index in [1.165, 1.54) is 57.3 Å². The van der Waals surface area contributed by atoms with Crippen molar-refractivity contribution < 1.29 is 0 Å². The van der Waals surface area contributed by atoms with Gasteiger partial charge in [0.25, 0.3) is 0 Å². The summed E-state index contributed by atoms with van der Waals surface area (Å²) in [7, 11) is 0. The standard InChI is InChI=1S/C17H24N2.ClH/c1-2-14-5-4-13(10-15(14)3-1)11-19-9-7-17-16(12-19)6-8-18-17;/h4-5,10,16-18H,1-3,6-9,11-12H2;1H. The van der Waals surface area contributed by atoms with E-state index < -0.39 is 0 Å². The fourth-order valence-corrected chi connectivity index (χ4v) is 4.25. The van der Waals surface area contributed by atoms with E-state index in [9.17, 15) is 0 Å². The largest absolute Gasteiger partial charge is 0.314 e. The molecule has 2 unspecified atom stereocenters. The van der Waals surface area contributed by atoms with E-state index in [-0.39, 0.29) is 12.4 Å². The molecule has 0 radical (unpaired) electrons. The molecule has 4 rings (SSSR count). The van der Waals surface area contributed by atoms with Crippen molar-refractivity contribution in [1.82, 2.24) is 10.2 Å². The summed E-state index contributed by atoms with van der Waals surface area (Å²) in [5.41, 5.74) is 4.75. The quantitative estimate of drug-likeness (QED) is 0.902. The molecular formula is C17H25ClN2. The molecule has 2 atom stereocenters. The summed E-state index contributed by atoms with van der Waals surface area (Å²) < 4.78 is 0. The number of nitrogens with zero attached hydrogens (tertiary/aromatic N) is 1. The Balaban J connectivity index is 0.00000121. The van der Waals surface area contributed by atoms with Crippen molar-refractivity contribution in [2.24, 2.45) is 5.92 Å². The first kappa shape index (κ1) is 14.4. The van der Waals surface area contributed by atoms with Gasteiger partial charge in [-0.25, -0.2) is 0 Å². The lowest BCUT2D eigenvalue weighted by atomic mass is 9.93. The third kappa shape index (κ3) is 2.74. The van der Waals surface area contributed by atoms with Crippen molar-refractivity contribution >= 4 is 12.4 Å². The SMILES string of the molecule is Cl.c1cc2c(cc1CN1CCC3NCCC3C1)CCC2. The minimum absolute atomic E-state index is 0. The molecule has 1 aliphatic carbocycles. The number of nitrogens with one attached hydrogen (secondary N) is 1. The van der Waals surface area contributed by atoms with E-state index in [1.807, 2.05) is 0 Å². The molecule has 3 aliphatic rings. The summed E-state index contributed by atoms with van der Waals surface area (Å²) in [6.45, 7) is 4.97. The van der Waals surface area contributed by atoms with Crippen LogP contribution in [0.2, 0.25) is 0 Å². The number of aryl methyl sites for hydroxylation is 2. The monoisotopic (exact) mass is 292 g/mol. The van der Waals surface area contributed by atoms with Gasteiger partial charge in [-0.1, -0.05) is 18.2 Å². The Labute approximate surface area is 128 Å². The van der Waals surface area contributed by atoms with Gasteiger partial charge in [0, 0.05) is 19.1 Å². The van der Waals surface area contributed by atoms with Crippen LogP contribution in [0.1, 0.15) is 36.0 Å². The number of halogens is 1. The lowest BCUT2D eigenvalue weighted by Crippen LogP contribution is -2.43. The van der Waals surface area contributed by atoms with Crippen molar-refractivity contribution in [3.05, 3.63) is 34.9 Å². The van der Waals surface area contributed by atoms with Crippen LogP contribution in [0.25, 0.3) is 0 Å². The Kier molecular flexibility index (Phi) is 4.34. The summed E-state index contributed by atoms with van der Waals surface area (Å²) in [6.07, 6.45) is 6.69. The molecule has 0 aromatic heterocycles. The first-order valence-corrected chi connectivity index (χ1v) is 7.95. The molecule has 20 heavy (non-hydrogen) atoms. The van der Waals surface area contributed by atoms with Gasteiger partial charge in [0.05, 0.1) is 0 Å². The summed E-state index contributed by atoms with van der Waals surface area (Å²) in [5, 5.41) is 3.65. The predicted octanol–water partition coefficient (Wildman–Crippen LogP) is 2.78. The molecule has 3 heteroatoms. The average Bonchev–Trinajstić information content (AvgIpc) is 3.05. The van der Waals surface area contributed by atoms with Crippen molar-refractivity contribution in [1.29, 1.82) is 0 Å². The van der Waals surface area contributed by atoms with E-state index >= 15 is 0 Å². The zero-order valence-corrected chi connectivity index (χ0v) is 12.9. The van der Waals surface area contributed by atoms with Crippen LogP contribution in [-0.4, -0.2) is 30.6 Å². The number of likely N-dealkylation sites (tertiary alicyclic amines) is 1. The molecule has 0 amide bonds. The number of rotatable bonds is 2. The third-order valence-electron chi connectivity index (χ3n) is 5.31. The molecular weight excluding hydrogens is 268 g/mol. The van der Waals surface area contributed by atoms with Gasteiger partial charge in [-0.2, -0.15) is 0 Å². The lowest BCUT2D eigenvalue weighted by Gasteiger charge is -2.34. The molecule has 2 saturated heterocycles. The summed E-state index contributed by atoms with van der Waals surface area (Å²) in [4.78, 5) is 2.67. The highest BCUT2D eigenvalue weighted by Crippen LogP contribution is 2.27. The predicted molar refractivity (Wildman–Crippen MR) is 85.5 cm³/mol. The van der Waals surface area contributed by atoms with Crippen LogP contribution >= 0.6 is 12.4 Å². The number of hydrogen-bond acceptors (Lipinski definition) is 2. The molecule has 2 heterocycles. The zero-order valence-electron chi connectivity index (χ0n) is 12.1. The first-order chi connectivity index (χ1) is 9.38.